The molecule has 0 radical (unpaired) electrons. The molecule has 1 aliphatic rings. The summed E-state index contributed by atoms with van der Waals surface area (Å²) < 4.78 is 2.15. The van der Waals surface area contributed by atoms with E-state index in [0.717, 1.165) is 47.5 Å². The number of hydrogen-bond donors (Lipinski definition) is 2. The first-order valence-corrected chi connectivity index (χ1v) is 12.8. The zero-order valence-electron chi connectivity index (χ0n) is 19.1. The number of fused-ring (bicyclic) bond motifs is 3. The second-order valence-electron chi connectivity index (χ2n) is 9.42. The van der Waals surface area contributed by atoms with Crippen LogP contribution in [0.15, 0.2) is 66.7 Å². The zero-order valence-corrected chi connectivity index (χ0v) is 20.6. The van der Waals surface area contributed by atoms with Crippen molar-refractivity contribution in [3.05, 3.63) is 82.3 Å². The van der Waals surface area contributed by atoms with Crippen LogP contribution in [0.4, 0.5) is 0 Å². The first kappa shape index (κ1) is 23.7. The molecular weight excluding hydrogens is 467 g/mol. The van der Waals surface area contributed by atoms with E-state index in [0.29, 0.717) is 29.7 Å². The van der Waals surface area contributed by atoms with E-state index in [9.17, 15) is 10.2 Å². The van der Waals surface area contributed by atoms with Crippen LogP contribution in [-0.2, 0) is 13.1 Å². The van der Waals surface area contributed by atoms with Gasteiger partial charge in [0.15, 0.2) is 0 Å². The van der Waals surface area contributed by atoms with Gasteiger partial charge in [-0.15, -0.1) is 0 Å². The van der Waals surface area contributed by atoms with Crippen molar-refractivity contribution in [1.29, 1.82) is 0 Å². The molecule has 0 aliphatic heterocycles. The van der Waals surface area contributed by atoms with Gasteiger partial charge < -0.3 is 14.8 Å². The van der Waals surface area contributed by atoms with E-state index in [1.807, 2.05) is 54.6 Å². The monoisotopic (exact) mass is 496 g/mol. The highest BCUT2D eigenvalue weighted by Gasteiger charge is 2.30. The summed E-state index contributed by atoms with van der Waals surface area (Å²) in [5, 5.41) is 25.5. The van der Waals surface area contributed by atoms with Crippen molar-refractivity contribution in [2.24, 2.45) is 0 Å². The van der Waals surface area contributed by atoms with Gasteiger partial charge in [0, 0.05) is 51.0 Å². The summed E-state index contributed by atoms with van der Waals surface area (Å²) in [7, 11) is 0. The molecule has 4 nitrogen and oxygen atoms in total. The number of benzene rings is 3. The van der Waals surface area contributed by atoms with E-state index in [4.69, 9.17) is 23.2 Å². The summed E-state index contributed by atoms with van der Waals surface area (Å²) in [4.78, 5) is 2.27. The van der Waals surface area contributed by atoms with Crippen LogP contribution in [0.1, 0.15) is 31.2 Å². The smallest absolute Gasteiger partial charge is 0.0846 e. The standard InChI is InChI=1S/C28H30Cl2N2O2/c29-20-10-12-25-23(14-20)24-15-21(30)11-13-26(24)32(25)18-22(33)17-31(16-19-6-2-1-3-7-19)27-8-4-5-9-28(27)34/h1-3,6-7,10-15,22,27-28,33-34H,4-5,8-9,16-18H2/t22-,27+,28+/m1/s1. The van der Waals surface area contributed by atoms with Crippen molar-refractivity contribution >= 4 is 45.0 Å². The first-order valence-electron chi connectivity index (χ1n) is 12.0. The lowest BCUT2D eigenvalue weighted by Crippen LogP contribution is -2.48. The number of aliphatic hydroxyl groups excluding tert-OH is 2. The number of nitrogens with zero attached hydrogens (tertiary/aromatic N) is 2. The molecule has 178 valence electrons. The Morgan fingerprint density at radius 1 is 0.882 bits per heavy atom. The van der Waals surface area contributed by atoms with Gasteiger partial charge in [-0.05, 0) is 54.8 Å². The Hall–Kier alpha value is -2.08. The van der Waals surface area contributed by atoms with Crippen molar-refractivity contribution in [2.75, 3.05) is 6.54 Å². The maximum Gasteiger partial charge on any atom is 0.0846 e. The summed E-state index contributed by atoms with van der Waals surface area (Å²) in [6.07, 6.45) is 2.97. The minimum atomic E-state index is -0.608. The molecule has 1 aliphatic carbocycles. The number of rotatable bonds is 7. The largest absolute Gasteiger partial charge is 0.391 e. The van der Waals surface area contributed by atoms with Crippen LogP contribution in [0.3, 0.4) is 0 Å². The van der Waals surface area contributed by atoms with Crippen molar-refractivity contribution in [3.63, 3.8) is 0 Å². The molecule has 1 saturated carbocycles. The molecule has 0 spiro atoms. The Labute approximate surface area is 210 Å². The summed E-state index contributed by atoms with van der Waals surface area (Å²) in [6.45, 7) is 1.63. The van der Waals surface area contributed by atoms with Crippen molar-refractivity contribution in [1.82, 2.24) is 9.47 Å². The molecule has 1 fully saturated rings. The van der Waals surface area contributed by atoms with E-state index in [2.05, 4.69) is 21.6 Å². The number of halogens is 2. The highest BCUT2D eigenvalue weighted by Crippen LogP contribution is 2.33. The van der Waals surface area contributed by atoms with Gasteiger partial charge in [-0.25, -0.2) is 0 Å². The Bertz CT molecular complexity index is 1210. The van der Waals surface area contributed by atoms with Gasteiger partial charge in [0.1, 0.15) is 0 Å². The van der Waals surface area contributed by atoms with Crippen molar-refractivity contribution in [3.8, 4) is 0 Å². The maximum atomic E-state index is 11.3. The third-order valence-electron chi connectivity index (χ3n) is 7.02. The Balaban J connectivity index is 1.44. The molecule has 0 saturated heterocycles. The second kappa shape index (κ2) is 10.3. The molecule has 0 unspecified atom stereocenters. The molecule has 6 heteroatoms. The lowest BCUT2D eigenvalue weighted by molar-refractivity contribution is -0.00857. The molecule has 0 bridgehead atoms. The fourth-order valence-electron chi connectivity index (χ4n) is 5.44. The fraction of sp³-hybridized carbons (Fsp3) is 0.357. The molecule has 4 aromatic rings. The minimum Gasteiger partial charge on any atom is -0.391 e. The van der Waals surface area contributed by atoms with Crippen LogP contribution < -0.4 is 0 Å². The zero-order chi connectivity index (χ0) is 23.7. The number of hydrogen-bond acceptors (Lipinski definition) is 3. The Morgan fingerprint density at radius 2 is 1.50 bits per heavy atom. The summed E-state index contributed by atoms with van der Waals surface area (Å²) in [6, 6.07) is 22.0. The molecule has 1 heterocycles. The van der Waals surface area contributed by atoms with Crippen LogP contribution in [-0.4, -0.2) is 44.5 Å². The molecule has 0 amide bonds. The normalized spacial score (nSPS) is 19.8. The lowest BCUT2D eigenvalue weighted by atomic mass is 9.90. The average molecular weight is 497 g/mol. The van der Waals surface area contributed by atoms with Crippen LogP contribution in [0.25, 0.3) is 21.8 Å². The topological polar surface area (TPSA) is 48.6 Å². The molecule has 2 N–H and O–H groups in total. The van der Waals surface area contributed by atoms with E-state index >= 15 is 0 Å². The molecular formula is C28H30Cl2N2O2. The third kappa shape index (κ3) is 4.98. The lowest BCUT2D eigenvalue weighted by Gasteiger charge is -2.38. The molecule has 1 aromatic heterocycles. The maximum absolute atomic E-state index is 11.3. The summed E-state index contributed by atoms with van der Waals surface area (Å²) in [5.41, 5.74) is 3.23. The van der Waals surface area contributed by atoms with E-state index in [-0.39, 0.29) is 12.1 Å². The summed E-state index contributed by atoms with van der Waals surface area (Å²) in [5.74, 6) is 0. The average Bonchev–Trinajstić information content (AvgIpc) is 3.11. The van der Waals surface area contributed by atoms with Crippen LogP contribution in [0.2, 0.25) is 10.0 Å². The minimum absolute atomic E-state index is 0.0550. The fourth-order valence-corrected chi connectivity index (χ4v) is 5.78. The van der Waals surface area contributed by atoms with Gasteiger partial charge in [-0.3, -0.25) is 4.90 Å². The Morgan fingerprint density at radius 3 is 2.12 bits per heavy atom. The quantitative estimate of drug-likeness (QED) is 0.317. The van der Waals surface area contributed by atoms with Gasteiger partial charge in [0.05, 0.1) is 18.8 Å². The van der Waals surface area contributed by atoms with E-state index in [1.165, 1.54) is 5.56 Å². The van der Waals surface area contributed by atoms with Gasteiger partial charge in [-0.1, -0.05) is 66.4 Å². The van der Waals surface area contributed by atoms with Gasteiger partial charge in [0.2, 0.25) is 0 Å². The van der Waals surface area contributed by atoms with Crippen molar-refractivity contribution < 1.29 is 10.2 Å². The highest BCUT2D eigenvalue weighted by molar-refractivity contribution is 6.33. The van der Waals surface area contributed by atoms with Gasteiger partial charge in [0.25, 0.3) is 0 Å². The summed E-state index contributed by atoms with van der Waals surface area (Å²) >= 11 is 12.6. The van der Waals surface area contributed by atoms with E-state index in [1.54, 1.807) is 0 Å². The predicted octanol–water partition coefficient (Wildman–Crippen LogP) is 6.27. The first-order chi connectivity index (χ1) is 16.5. The van der Waals surface area contributed by atoms with Crippen LogP contribution >= 0.6 is 23.2 Å². The SMILES string of the molecule is O[C@H](CN(Cc1ccccc1)[C@H]1CCCC[C@@H]1O)Cn1c2ccc(Cl)cc2c2cc(Cl)ccc21. The third-order valence-corrected chi connectivity index (χ3v) is 7.49. The second-order valence-corrected chi connectivity index (χ2v) is 10.3. The van der Waals surface area contributed by atoms with Crippen LogP contribution in [0.5, 0.6) is 0 Å². The molecule has 3 atom stereocenters. The molecule has 3 aromatic carbocycles. The van der Waals surface area contributed by atoms with Crippen LogP contribution in [0, 0.1) is 0 Å². The van der Waals surface area contributed by atoms with Gasteiger partial charge in [-0.2, -0.15) is 0 Å². The van der Waals surface area contributed by atoms with E-state index < -0.39 is 6.10 Å². The molecule has 34 heavy (non-hydrogen) atoms. The molecule has 5 rings (SSSR count). The number of aliphatic hydroxyl groups is 2. The highest BCUT2D eigenvalue weighted by atomic mass is 35.5. The number of aromatic nitrogens is 1. The van der Waals surface area contributed by atoms with Gasteiger partial charge >= 0.3 is 0 Å². The Kier molecular flexibility index (Phi) is 7.14. The van der Waals surface area contributed by atoms with Crippen molar-refractivity contribution in [2.45, 2.75) is 57.0 Å². The predicted molar refractivity (Wildman–Crippen MR) is 141 cm³/mol.